The molecule has 0 saturated carbocycles. The van der Waals surface area contributed by atoms with Crippen LogP contribution < -0.4 is 4.90 Å². The van der Waals surface area contributed by atoms with E-state index < -0.39 is 66.8 Å². The number of benzene rings is 2. The maximum atomic E-state index is 14.6. The van der Waals surface area contributed by atoms with Crippen molar-refractivity contribution in [3.05, 3.63) is 62.7 Å². The maximum Gasteiger partial charge on any atom is 0.259 e. The number of nitrogens with zero attached hydrogens (tertiary/aromatic N) is 5. The minimum atomic E-state index is -1.46. The van der Waals surface area contributed by atoms with E-state index in [9.17, 15) is 33.7 Å². The lowest BCUT2D eigenvalue weighted by molar-refractivity contribution is -0.211. The van der Waals surface area contributed by atoms with Crippen LogP contribution in [0.25, 0.3) is 11.3 Å². The molecule has 2 fully saturated rings. The number of methoxy groups -OCH3 is 1. The molecule has 7 atom stereocenters. The zero-order valence-corrected chi connectivity index (χ0v) is 27.5. The Morgan fingerprint density at radius 2 is 1.76 bits per heavy atom. The van der Waals surface area contributed by atoms with E-state index >= 15 is 0 Å². The number of amides is 2. The molecule has 242 valence electrons. The van der Waals surface area contributed by atoms with Gasteiger partial charge in [0.25, 0.3) is 5.91 Å². The number of hydrogen-bond acceptors (Lipinski definition) is 9. The van der Waals surface area contributed by atoms with Crippen molar-refractivity contribution >= 4 is 49.4 Å². The fourth-order valence-corrected chi connectivity index (χ4v) is 7.05. The Bertz CT molecular complexity index is 1550. The van der Waals surface area contributed by atoms with Crippen LogP contribution in [0.5, 0.6) is 0 Å². The summed E-state index contributed by atoms with van der Waals surface area (Å²) in [6, 6.07) is 5.26. The van der Waals surface area contributed by atoms with Gasteiger partial charge in [-0.3, -0.25) is 9.59 Å². The van der Waals surface area contributed by atoms with E-state index in [0.717, 1.165) is 12.1 Å². The molecule has 0 spiro atoms. The molecule has 2 aromatic carbocycles. The summed E-state index contributed by atoms with van der Waals surface area (Å²) in [5.41, 5.74) is 0.395. The van der Waals surface area contributed by atoms with Crippen molar-refractivity contribution in [1.29, 1.82) is 0 Å². The number of halogens is 4. The van der Waals surface area contributed by atoms with Gasteiger partial charge in [-0.1, -0.05) is 37.1 Å². The minimum absolute atomic E-state index is 0.000714. The van der Waals surface area contributed by atoms with Crippen molar-refractivity contribution in [3.8, 4) is 11.3 Å². The molecular formula is C29H31Br2F2N5O7. The molecule has 5 rings (SSSR count). The summed E-state index contributed by atoms with van der Waals surface area (Å²) < 4.78 is 42.8. The minimum Gasteiger partial charge on any atom is -0.394 e. The highest BCUT2D eigenvalue weighted by Crippen LogP contribution is 2.37. The second kappa shape index (κ2) is 13.5. The Morgan fingerprint density at radius 1 is 1.11 bits per heavy atom. The number of hydrogen-bond donors (Lipinski definition) is 3. The summed E-state index contributed by atoms with van der Waals surface area (Å²) in [5.74, 6) is -2.51. The van der Waals surface area contributed by atoms with Gasteiger partial charge in [-0.15, -0.1) is 5.10 Å². The molecule has 2 amide bonds. The van der Waals surface area contributed by atoms with Gasteiger partial charge in [0.15, 0.2) is 6.10 Å². The van der Waals surface area contributed by atoms with E-state index in [1.165, 1.54) is 41.6 Å². The number of anilines is 1. The van der Waals surface area contributed by atoms with Gasteiger partial charge in [0, 0.05) is 52.9 Å². The van der Waals surface area contributed by atoms with Crippen molar-refractivity contribution < 1.29 is 43.2 Å². The Hall–Kier alpha value is -2.86. The predicted octanol–water partition coefficient (Wildman–Crippen LogP) is 2.36. The lowest BCUT2D eigenvalue weighted by atomic mass is 9.91. The van der Waals surface area contributed by atoms with Crippen molar-refractivity contribution in [2.75, 3.05) is 31.7 Å². The van der Waals surface area contributed by atoms with Gasteiger partial charge in [-0.2, -0.15) is 0 Å². The second-order valence-electron chi connectivity index (χ2n) is 11.0. The Balaban J connectivity index is 1.56. The molecule has 0 aliphatic carbocycles. The highest BCUT2D eigenvalue weighted by Gasteiger charge is 2.52. The zero-order chi connectivity index (χ0) is 32.7. The van der Waals surface area contributed by atoms with Gasteiger partial charge in [0.1, 0.15) is 41.7 Å². The lowest BCUT2D eigenvalue weighted by Gasteiger charge is -2.45. The average Bonchev–Trinajstić information content (AvgIpc) is 3.62. The normalized spacial score (nSPS) is 26.7. The van der Waals surface area contributed by atoms with Crippen LogP contribution in [0, 0.1) is 18.6 Å². The van der Waals surface area contributed by atoms with Gasteiger partial charge in [0.05, 0.1) is 24.9 Å². The first-order chi connectivity index (χ1) is 21.3. The number of rotatable bonds is 7. The second-order valence-corrected chi connectivity index (χ2v) is 12.8. The van der Waals surface area contributed by atoms with Crippen LogP contribution in [-0.2, 0) is 19.1 Å². The number of ether oxygens (including phenoxy) is 2. The molecule has 3 N–H and O–H groups in total. The summed E-state index contributed by atoms with van der Waals surface area (Å²) in [7, 11) is 1.30. The van der Waals surface area contributed by atoms with E-state index in [4.69, 9.17) is 9.47 Å². The third-order valence-corrected chi connectivity index (χ3v) is 9.09. The Morgan fingerprint density at radius 3 is 2.31 bits per heavy atom. The molecular weight excluding hydrogens is 728 g/mol. The van der Waals surface area contributed by atoms with Crippen LogP contribution in [0.3, 0.4) is 0 Å². The summed E-state index contributed by atoms with van der Waals surface area (Å²) in [6.45, 7) is 2.02. The van der Waals surface area contributed by atoms with Crippen LogP contribution in [0.2, 0.25) is 0 Å². The number of carbonyl (C=O) groups is 2. The first-order valence-electron chi connectivity index (χ1n) is 13.9. The van der Waals surface area contributed by atoms with Crippen LogP contribution in [0.1, 0.15) is 18.5 Å². The Labute approximate surface area is 273 Å². The van der Waals surface area contributed by atoms with Crippen LogP contribution in [-0.4, -0.2) is 110 Å². The molecule has 2 aliphatic heterocycles. The fourth-order valence-electron chi connectivity index (χ4n) is 5.79. The van der Waals surface area contributed by atoms with Crippen LogP contribution in [0.15, 0.2) is 45.5 Å². The fraction of sp³-hybridized carbons (Fsp3) is 0.448. The van der Waals surface area contributed by atoms with E-state index in [2.05, 4.69) is 42.2 Å². The molecule has 12 nitrogen and oxygen atoms in total. The lowest BCUT2D eigenvalue weighted by Crippen LogP contribution is -2.63. The molecule has 2 saturated heterocycles. The Kier molecular flexibility index (Phi) is 10.0. The number of likely N-dealkylation sites (tertiary alicyclic amines) is 1. The van der Waals surface area contributed by atoms with Crippen molar-refractivity contribution in [3.63, 3.8) is 0 Å². The van der Waals surface area contributed by atoms with Gasteiger partial charge in [-0.25, -0.2) is 13.5 Å². The number of aliphatic hydroxyl groups is 3. The molecule has 0 radical (unpaired) electrons. The number of β-amino-alcohol motifs (C(OH)–C–C–N with tert-alkyl or cyclic N) is 1. The SMILES string of the molecule is COC1C(C(=O)N(c2cc(Br)cc(Br)c2)[C@H]2CN(C(C)=O)C[C@@H]2O)OC(CO)C(O)C1n1cc(-c2cc(F)c(C)c(F)c2)nn1. The monoisotopic (exact) mass is 757 g/mol. The van der Waals surface area contributed by atoms with Gasteiger partial charge in [-0.05, 0) is 37.3 Å². The van der Waals surface area contributed by atoms with E-state index in [0.29, 0.717) is 14.6 Å². The smallest absolute Gasteiger partial charge is 0.259 e. The summed E-state index contributed by atoms with van der Waals surface area (Å²) in [6.07, 6.45) is -5.18. The van der Waals surface area contributed by atoms with Crippen LogP contribution >= 0.6 is 31.9 Å². The van der Waals surface area contributed by atoms with Crippen LogP contribution in [0.4, 0.5) is 14.5 Å². The molecule has 3 heterocycles. The molecule has 5 unspecified atom stereocenters. The molecule has 45 heavy (non-hydrogen) atoms. The van der Waals surface area contributed by atoms with Gasteiger partial charge in [0.2, 0.25) is 5.91 Å². The van der Waals surface area contributed by atoms with E-state index in [1.807, 2.05) is 0 Å². The third kappa shape index (κ3) is 6.54. The number of aliphatic hydroxyl groups excluding tert-OH is 3. The van der Waals surface area contributed by atoms with Crippen molar-refractivity contribution in [1.82, 2.24) is 19.9 Å². The first-order valence-corrected chi connectivity index (χ1v) is 15.5. The van der Waals surface area contributed by atoms with Gasteiger partial charge >= 0.3 is 0 Å². The standard InChI is InChI=1S/C29H31Br2F2N5O7/c1-13-19(32)4-15(5-20(13)33)21-9-37(35-34-21)25-26(42)24(12-39)45-28(27(25)44-3)29(43)38(18-7-16(30)6-17(31)8-18)22-10-36(14(2)40)11-23(22)41/h4-9,22-28,39,41-42H,10-12H2,1-3H3/t22-,23-,24?,25?,26?,27?,28?/m0/s1. The highest BCUT2D eigenvalue weighted by atomic mass is 79.9. The molecule has 16 heteroatoms. The quantitative estimate of drug-likeness (QED) is 0.330. The number of aromatic nitrogens is 3. The summed E-state index contributed by atoms with van der Waals surface area (Å²) in [5, 5.41) is 40.6. The summed E-state index contributed by atoms with van der Waals surface area (Å²) in [4.78, 5) is 29.5. The molecule has 0 bridgehead atoms. The molecule has 2 aliphatic rings. The topological polar surface area (TPSA) is 150 Å². The first kappa shape index (κ1) is 33.5. The zero-order valence-electron chi connectivity index (χ0n) is 24.3. The molecule has 3 aromatic rings. The van der Waals surface area contributed by atoms with Crippen molar-refractivity contribution in [2.45, 2.75) is 56.5 Å². The average molecular weight is 759 g/mol. The highest BCUT2D eigenvalue weighted by molar-refractivity contribution is 9.11. The molecule has 1 aromatic heterocycles. The maximum absolute atomic E-state index is 14.6. The van der Waals surface area contributed by atoms with Gasteiger partial charge < -0.3 is 34.6 Å². The van der Waals surface area contributed by atoms with Crippen molar-refractivity contribution in [2.24, 2.45) is 0 Å². The third-order valence-electron chi connectivity index (χ3n) is 8.17. The predicted molar refractivity (Wildman–Crippen MR) is 163 cm³/mol. The van der Waals surface area contributed by atoms with E-state index in [-0.39, 0.29) is 35.8 Å². The number of carbonyl (C=O) groups excluding carboxylic acids is 2. The largest absolute Gasteiger partial charge is 0.394 e. The van der Waals surface area contributed by atoms with E-state index in [1.54, 1.807) is 18.2 Å². The summed E-state index contributed by atoms with van der Waals surface area (Å²) >= 11 is 6.86.